The number of nitriles is 2. The summed E-state index contributed by atoms with van der Waals surface area (Å²) in [6.07, 6.45) is 4.13. The molecule has 1 N–H and O–H groups in total. The van der Waals surface area contributed by atoms with Gasteiger partial charge in [-0.05, 0) is 25.3 Å². The number of hydrogen-bond acceptors (Lipinski definition) is 4. The maximum Gasteiger partial charge on any atom is 0.176 e. The van der Waals surface area contributed by atoms with E-state index < -0.39 is 0 Å². The van der Waals surface area contributed by atoms with E-state index >= 15 is 0 Å². The Morgan fingerprint density at radius 2 is 2.29 bits per heavy atom. The molecule has 1 heterocycles. The molecule has 1 aliphatic carbocycles. The highest BCUT2D eigenvalue weighted by atomic mass is 15.1. The van der Waals surface area contributed by atoms with Gasteiger partial charge in [0.2, 0.25) is 0 Å². The highest BCUT2D eigenvalue weighted by molar-refractivity contribution is 5.35. The van der Waals surface area contributed by atoms with Gasteiger partial charge < -0.3 is 9.88 Å². The van der Waals surface area contributed by atoms with E-state index in [4.69, 9.17) is 10.5 Å². The van der Waals surface area contributed by atoms with Crippen LogP contribution < -0.4 is 5.32 Å². The van der Waals surface area contributed by atoms with Gasteiger partial charge in [0, 0.05) is 12.6 Å². The van der Waals surface area contributed by atoms with Gasteiger partial charge in [0.25, 0.3) is 0 Å². The average Bonchev–Trinajstić information content (AvgIpc) is 3.08. The fraction of sp³-hybridized carbons (Fsp3) is 0.583. The molecule has 0 spiro atoms. The molecule has 0 radical (unpaired) electrons. The van der Waals surface area contributed by atoms with E-state index in [1.165, 1.54) is 12.8 Å². The Morgan fingerprint density at radius 1 is 1.53 bits per heavy atom. The van der Waals surface area contributed by atoms with Crippen LogP contribution in [-0.4, -0.2) is 22.1 Å². The van der Waals surface area contributed by atoms with Crippen LogP contribution in [0, 0.1) is 28.6 Å². The third-order valence-electron chi connectivity index (χ3n) is 2.89. The van der Waals surface area contributed by atoms with Crippen LogP contribution in [0.25, 0.3) is 0 Å². The van der Waals surface area contributed by atoms with Gasteiger partial charge in [-0.15, -0.1) is 0 Å². The molecule has 1 aromatic rings. The minimum atomic E-state index is 0.217. The normalized spacial score (nSPS) is 16.2. The zero-order valence-corrected chi connectivity index (χ0v) is 9.85. The van der Waals surface area contributed by atoms with Crippen molar-refractivity contribution in [1.29, 1.82) is 10.5 Å². The first-order chi connectivity index (χ1) is 8.24. The fourth-order valence-electron chi connectivity index (χ4n) is 1.78. The molecule has 0 aromatic carbocycles. The highest BCUT2D eigenvalue weighted by Gasteiger charge is 2.21. The van der Waals surface area contributed by atoms with Crippen LogP contribution >= 0.6 is 0 Å². The van der Waals surface area contributed by atoms with Crippen molar-refractivity contribution in [2.45, 2.75) is 32.4 Å². The molecular weight excluding hydrogens is 214 g/mol. The molecule has 1 saturated carbocycles. The monoisotopic (exact) mass is 229 g/mol. The lowest BCUT2D eigenvalue weighted by molar-refractivity contribution is 0.442. The predicted molar refractivity (Wildman–Crippen MR) is 61.8 cm³/mol. The van der Waals surface area contributed by atoms with Crippen LogP contribution in [0.5, 0.6) is 0 Å². The molecular formula is C12H15N5. The summed E-state index contributed by atoms with van der Waals surface area (Å²) in [7, 11) is 0. The third-order valence-corrected chi connectivity index (χ3v) is 2.89. The Morgan fingerprint density at radius 3 is 2.88 bits per heavy atom. The summed E-state index contributed by atoms with van der Waals surface area (Å²) in [5.74, 6) is 0.420. The summed E-state index contributed by atoms with van der Waals surface area (Å²) >= 11 is 0. The molecule has 5 nitrogen and oxygen atoms in total. The van der Waals surface area contributed by atoms with Crippen molar-refractivity contribution in [3.8, 4) is 12.1 Å². The molecule has 5 heteroatoms. The Bertz CT molecular complexity index is 472. The topological polar surface area (TPSA) is 77.4 Å². The molecule has 1 atom stereocenters. The standard InChI is InChI=1S/C12H15N5/c1-9(6-15-10-2-3-10)7-17-8-16-11(4-13)12(17)5-14/h8-10,15H,2-3,6-7H2,1H3. The summed E-state index contributed by atoms with van der Waals surface area (Å²) in [6.45, 7) is 3.79. The zero-order chi connectivity index (χ0) is 12.3. The van der Waals surface area contributed by atoms with Gasteiger partial charge >= 0.3 is 0 Å². The van der Waals surface area contributed by atoms with Crippen LogP contribution in [0.15, 0.2) is 6.33 Å². The molecule has 0 saturated heterocycles. The average molecular weight is 229 g/mol. The molecule has 1 fully saturated rings. The smallest absolute Gasteiger partial charge is 0.176 e. The van der Waals surface area contributed by atoms with Crippen molar-refractivity contribution >= 4 is 0 Å². The number of hydrogen-bond donors (Lipinski definition) is 1. The van der Waals surface area contributed by atoms with Crippen molar-refractivity contribution < 1.29 is 0 Å². The van der Waals surface area contributed by atoms with Gasteiger partial charge in [-0.25, -0.2) is 4.98 Å². The van der Waals surface area contributed by atoms with E-state index in [-0.39, 0.29) is 5.69 Å². The van der Waals surface area contributed by atoms with Gasteiger partial charge in [0.15, 0.2) is 11.4 Å². The molecule has 0 aliphatic heterocycles. The number of nitrogens with one attached hydrogen (secondary N) is 1. The van der Waals surface area contributed by atoms with E-state index in [0.717, 1.165) is 13.1 Å². The fourth-order valence-corrected chi connectivity index (χ4v) is 1.78. The van der Waals surface area contributed by atoms with Gasteiger partial charge in [-0.1, -0.05) is 6.92 Å². The van der Waals surface area contributed by atoms with Crippen molar-refractivity contribution in [1.82, 2.24) is 14.9 Å². The van der Waals surface area contributed by atoms with Gasteiger partial charge in [0.1, 0.15) is 12.1 Å². The van der Waals surface area contributed by atoms with Crippen LogP contribution in [-0.2, 0) is 6.54 Å². The molecule has 88 valence electrons. The molecule has 0 amide bonds. The largest absolute Gasteiger partial charge is 0.321 e. The highest BCUT2D eigenvalue weighted by Crippen LogP contribution is 2.19. The number of nitrogens with zero attached hydrogens (tertiary/aromatic N) is 4. The first-order valence-corrected chi connectivity index (χ1v) is 5.83. The summed E-state index contributed by atoms with van der Waals surface area (Å²) in [5, 5.41) is 21.2. The van der Waals surface area contributed by atoms with E-state index in [1.54, 1.807) is 10.9 Å². The van der Waals surface area contributed by atoms with Gasteiger partial charge in [0.05, 0.1) is 6.33 Å². The first kappa shape index (κ1) is 11.6. The van der Waals surface area contributed by atoms with Crippen LogP contribution in [0.3, 0.4) is 0 Å². The minimum absolute atomic E-state index is 0.217. The molecule has 1 aliphatic rings. The second-order valence-electron chi connectivity index (χ2n) is 4.61. The Labute approximate surface area is 101 Å². The van der Waals surface area contributed by atoms with E-state index in [1.807, 2.05) is 12.1 Å². The van der Waals surface area contributed by atoms with Crippen molar-refractivity contribution in [3.05, 3.63) is 17.7 Å². The molecule has 0 bridgehead atoms. The lowest BCUT2D eigenvalue weighted by Crippen LogP contribution is -2.26. The van der Waals surface area contributed by atoms with E-state index in [0.29, 0.717) is 17.7 Å². The Kier molecular flexibility index (Phi) is 3.41. The maximum absolute atomic E-state index is 8.98. The van der Waals surface area contributed by atoms with E-state index in [2.05, 4.69) is 17.2 Å². The Hall–Kier alpha value is -1.85. The number of aromatic nitrogens is 2. The molecule has 1 unspecified atom stereocenters. The van der Waals surface area contributed by atoms with Gasteiger partial charge in [-0.3, -0.25) is 0 Å². The van der Waals surface area contributed by atoms with Gasteiger partial charge in [-0.2, -0.15) is 10.5 Å². The third kappa shape index (κ3) is 2.83. The minimum Gasteiger partial charge on any atom is -0.321 e. The van der Waals surface area contributed by atoms with E-state index in [9.17, 15) is 0 Å². The lowest BCUT2D eigenvalue weighted by Gasteiger charge is -2.13. The molecule has 1 aromatic heterocycles. The second-order valence-corrected chi connectivity index (χ2v) is 4.61. The summed E-state index contributed by atoms with van der Waals surface area (Å²) in [6, 6.07) is 4.66. The van der Waals surface area contributed by atoms with Crippen molar-refractivity contribution in [2.24, 2.45) is 5.92 Å². The van der Waals surface area contributed by atoms with Crippen LogP contribution in [0.1, 0.15) is 31.2 Å². The van der Waals surface area contributed by atoms with Crippen molar-refractivity contribution in [3.63, 3.8) is 0 Å². The lowest BCUT2D eigenvalue weighted by atomic mass is 10.1. The quantitative estimate of drug-likeness (QED) is 0.817. The second kappa shape index (κ2) is 4.99. The van der Waals surface area contributed by atoms with Crippen LogP contribution in [0.4, 0.5) is 0 Å². The van der Waals surface area contributed by atoms with Crippen LogP contribution in [0.2, 0.25) is 0 Å². The molecule has 17 heavy (non-hydrogen) atoms. The Balaban J connectivity index is 1.95. The zero-order valence-electron chi connectivity index (χ0n) is 9.85. The number of imidazole rings is 1. The summed E-state index contributed by atoms with van der Waals surface area (Å²) in [5.41, 5.74) is 0.584. The predicted octanol–water partition coefficient (Wildman–Crippen LogP) is 1.01. The maximum atomic E-state index is 8.98. The van der Waals surface area contributed by atoms with Crippen molar-refractivity contribution in [2.75, 3.05) is 6.54 Å². The number of rotatable bonds is 5. The first-order valence-electron chi connectivity index (χ1n) is 5.83. The molecule has 2 rings (SSSR count). The summed E-state index contributed by atoms with van der Waals surface area (Å²) < 4.78 is 1.76. The SMILES string of the molecule is CC(CNC1CC1)Cn1cnc(C#N)c1C#N. The summed E-state index contributed by atoms with van der Waals surface area (Å²) in [4.78, 5) is 3.93.